The van der Waals surface area contributed by atoms with Gasteiger partial charge in [0.2, 0.25) is 0 Å². The third-order valence-electron chi connectivity index (χ3n) is 3.56. The van der Waals surface area contributed by atoms with Crippen molar-refractivity contribution in [2.75, 3.05) is 6.61 Å². The average molecular weight is 254 g/mol. The van der Waals surface area contributed by atoms with E-state index in [1.807, 2.05) is 24.4 Å². The maximum Gasteiger partial charge on any atom is 0.0721 e. The summed E-state index contributed by atoms with van der Waals surface area (Å²) in [7, 11) is 0. The van der Waals surface area contributed by atoms with Crippen LogP contribution in [0.1, 0.15) is 35.8 Å². The number of aromatic nitrogens is 1. The van der Waals surface area contributed by atoms with E-state index in [4.69, 9.17) is 4.74 Å². The summed E-state index contributed by atoms with van der Waals surface area (Å²) in [4.78, 5) is 4.40. The molecule has 1 unspecified atom stereocenters. The number of nitrogens with zero attached hydrogens (tertiary/aromatic N) is 1. The van der Waals surface area contributed by atoms with Gasteiger partial charge >= 0.3 is 0 Å². The second kappa shape index (κ2) is 5.51. The minimum atomic E-state index is 0.209. The van der Waals surface area contributed by atoms with Crippen molar-refractivity contribution < 1.29 is 4.74 Å². The average Bonchev–Trinajstić information content (AvgIpc) is 2.48. The fourth-order valence-electron chi connectivity index (χ4n) is 2.54. The van der Waals surface area contributed by atoms with Gasteiger partial charge in [-0.2, -0.15) is 0 Å². The molecule has 1 aliphatic heterocycles. The summed E-state index contributed by atoms with van der Waals surface area (Å²) in [6.45, 7) is 3.57. The minimum absolute atomic E-state index is 0.209. The highest BCUT2D eigenvalue weighted by Crippen LogP contribution is 2.26. The number of fused-ring (bicyclic) bond motifs is 1. The third-order valence-corrected chi connectivity index (χ3v) is 3.56. The summed E-state index contributed by atoms with van der Waals surface area (Å²) < 4.78 is 5.66. The molecule has 2 atom stereocenters. The van der Waals surface area contributed by atoms with Crippen LogP contribution in [0.5, 0.6) is 0 Å². The van der Waals surface area contributed by atoms with Gasteiger partial charge in [-0.3, -0.25) is 10.3 Å². The van der Waals surface area contributed by atoms with Gasteiger partial charge in [0.05, 0.1) is 24.9 Å². The summed E-state index contributed by atoms with van der Waals surface area (Å²) in [6.07, 6.45) is 1.83. The van der Waals surface area contributed by atoms with Crippen LogP contribution in [0.3, 0.4) is 0 Å². The van der Waals surface area contributed by atoms with Crippen LogP contribution in [0.15, 0.2) is 48.7 Å². The summed E-state index contributed by atoms with van der Waals surface area (Å²) in [6, 6.07) is 14.9. The number of benzene rings is 1. The van der Waals surface area contributed by atoms with Gasteiger partial charge in [-0.25, -0.2) is 0 Å². The van der Waals surface area contributed by atoms with E-state index in [-0.39, 0.29) is 12.1 Å². The minimum Gasteiger partial charge on any atom is -0.375 e. The maximum absolute atomic E-state index is 5.66. The lowest BCUT2D eigenvalue weighted by molar-refractivity contribution is 0.0789. The van der Waals surface area contributed by atoms with Crippen LogP contribution < -0.4 is 5.32 Å². The Balaban J connectivity index is 1.78. The number of nitrogens with one attached hydrogen (secondary N) is 1. The van der Waals surface area contributed by atoms with Crippen molar-refractivity contribution in [1.29, 1.82) is 0 Å². The van der Waals surface area contributed by atoms with Crippen molar-refractivity contribution in [3.8, 4) is 0 Å². The van der Waals surface area contributed by atoms with Gasteiger partial charge in [-0.1, -0.05) is 30.3 Å². The molecule has 2 heterocycles. The van der Waals surface area contributed by atoms with Gasteiger partial charge in [-0.05, 0) is 30.2 Å². The van der Waals surface area contributed by atoms with Gasteiger partial charge in [0, 0.05) is 12.2 Å². The first kappa shape index (κ1) is 12.3. The Morgan fingerprint density at radius 3 is 2.89 bits per heavy atom. The molecule has 3 rings (SSSR count). The van der Waals surface area contributed by atoms with Gasteiger partial charge in [0.15, 0.2) is 0 Å². The van der Waals surface area contributed by atoms with E-state index in [2.05, 4.69) is 41.5 Å². The molecule has 0 bridgehead atoms. The fraction of sp³-hybridized carbons (Fsp3) is 0.312. The van der Waals surface area contributed by atoms with Gasteiger partial charge in [0.1, 0.15) is 0 Å². The second-order valence-corrected chi connectivity index (χ2v) is 4.91. The zero-order valence-electron chi connectivity index (χ0n) is 11.0. The van der Waals surface area contributed by atoms with Gasteiger partial charge in [0.25, 0.3) is 0 Å². The van der Waals surface area contributed by atoms with Crippen molar-refractivity contribution in [1.82, 2.24) is 10.3 Å². The normalized spacial score (nSPS) is 19.7. The molecule has 0 amide bonds. The molecule has 0 fully saturated rings. The lowest BCUT2D eigenvalue weighted by Crippen LogP contribution is -2.32. The number of hydrogen-bond acceptors (Lipinski definition) is 3. The smallest absolute Gasteiger partial charge is 0.0721 e. The first-order chi connectivity index (χ1) is 9.34. The van der Waals surface area contributed by atoms with Crippen LogP contribution in [0.4, 0.5) is 0 Å². The van der Waals surface area contributed by atoms with Gasteiger partial charge < -0.3 is 4.74 Å². The molecular weight excluding hydrogens is 236 g/mol. The number of rotatable bonds is 3. The molecule has 1 N–H and O–H groups in total. The molecule has 2 aromatic rings. The Hall–Kier alpha value is -1.71. The molecule has 1 aliphatic rings. The monoisotopic (exact) mass is 254 g/mol. The van der Waals surface area contributed by atoms with Crippen molar-refractivity contribution in [2.45, 2.75) is 25.6 Å². The maximum atomic E-state index is 5.66. The highest BCUT2D eigenvalue weighted by Gasteiger charge is 2.22. The predicted octanol–water partition coefficient (Wildman–Crippen LogP) is 3.00. The molecule has 0 radical (unpaired) electrons. The van der Waals surface area contributed by atoms with Crippen molar-refractivity contribution in [3.05, 3.63) is 65.5 Å². The molecule has 0 spiro atoms. The molecule has 0 aliphatic carbocycles. The lowest BCUT2D eigenvalue weighted by Gasteiger charge is -2.29. The van der Waals surface area contributed by atoms with E-state index in [1.54, 1.807) is 0 Å². The highest BCUT2D eigenvalue weighted by atomic mass is 16.5. The molecule has 1 aromatic carbocycles. The lowest BCUT2D eigenvalue weighted by atomic mass is 9.98. The Labute approximate surface area is 113 Å². The van der Waals surface area contributed by atoms with E-state index in [0.717, 1.165) is 5.69 Å². The summed E-state index contributed by atoms with van der Waals surface area (Å²) >= 11 is 0. The van der Waals surface area contributed by atoms with Crippen LogP contribution in [-0.4, -0.2) is 11.6 Å². The SMILES string of the molecule is C[C@@H](NC1COCc2ccccc21)c1ccccn1. The van der Waals surface area contributed by atoms with Crippen molar-refractivity contribution in [2.24, 2.45) is 0 Å². The summed E-state index contributed by atoms with van der Waals surface area (Å²) in [5.74, 6) is 0. The molecule has 98 valence electrons. The zero-order chi connectivity index (χ0) is 13.1. The molecule has 1 aromatic heterocycles. The molecule has 3 heteroatoms. The fourth-order valence-corrected chi connectivity index (χ4v) is 2.54. The van der Waals surface area contributed by atoms with Crippen LogP contribution in [0.25, 0.3) is 0 Å². The first-order valence-corrected chi connectivity index (χ1v) is 6.67. The number of ether oxygens (including phenoxy) is 1. The van der Waals surface area contributed by atoms with Crippen molar-refractivity contribution >= 4 is 0 Å². The number of hydrogen-bond donors (Lipinski definition) is 1. The third kappa shape index (κ3) is 2.67. The van der Waals surface area contributed by atoms with E-state index < -0.39 is 0 Å². The molecular formula is C16H18N2O. The van der Waals surface area contributed by atoms with Crippen LogP contribution in [-0.2, 0) is 11.3 Å². The molecule has 19 heavy (non-hydrogen) atoms. The predicted molar refractivity (Wildman–Crippen MR) is 74.6 cm³/mol. The first-order valence-electron chi connectivity index (χ1n) is 6.67. The van der Waals surface area contributed by atoms with E-state index in [1.165, 1.54) is 11.1 Å². The zero-order valence-corrected chi connectivity index (χ0v) is 11.0. The van der Waals surface area contributed by atoms with Crippen LogP contribution in [0, 0.1) is 0 Å². The highest BCUT2D eigenvalue weighted by molar-refractivity contribution is 5.31. The number of pyridine rings is 1. The van der Waals surface area contributed by atoms with Crippen LogP contribution >= 0.6 is 0 Å². The van der Waals surface area contributed by atoms with E-state index in [0.29, 0.717) is 13.2 Å². The standard InChI is InChI=1S/C16H18N2O/c1-12(15-8-4-5-9-17-15)18-16-11-19-10-13-6-2-3-7-14(13)16/h2-9,12,16,18H,10-11H2,1H3/t12-,16?/m1/s1. The summed E-state index contributed by atoms with van der Waals surface area (Å²) in [5, 5.41) is 3.60. The second-order valence-electron chi connectivity index (χ2n) is 4.91. The van der Waals surface area contributed by atoms with Crippen LogP contribution in [0.2, 0.25) is 0 Å². The largest absolute Gasteiger partial charge is 0.375 e. The Morgan fingerprint density at radius 2 is 2.05 bits per heavy atom. The Kier molecular flexibility index (Phi) is 3.58. The molecule has 3 nitrogen and oxygen atoms in total. The van der Waals surface area contributed by atoms with Gasteiger partial charge in [-0.15, -0.1) is 0 Å². The molecule has 0 saturated carbocycles. The van der Waals surface area contributed by atoms with E-state index in [9.17, 15) is 0 Å². The van der Waals surface area contributed by atoms with E-state index >= 15 is 0 Å². The quantitative estimate of drug-likeness (QED) is 0.914. The Bertz CT molecular complexity index is 541. The van der Waals surface area contributed by atoms with Crippen molar-refractivity contribution in [3.63, 3.8) is 0 Å². The topological polar surface area (TPSA) is 34.1 Å². The molecule has 0 saturated heterocycles. The Morgan fingerprint density at radius 1 is 1.21 bits per heavy atom. The summed E-state index contributed by atoms with van der Waals surface area (Å²) in [5.41, 5.74) is 3.68.